The molecule has 0 heterocycles. The van der Waals surface area contributed by atoms with Crippen molar-refractivity contribution >= 4 is 11.7 Å². The fourth-order valence-electron chi connectivity index (χ4n) is 1.65. The van der Waals surface area contributed by atoms with Gasteiger partial charge >= 0.3 is 6.03 Å². The van der Waals surface area contributed by atoms with Crippen LogP contribution in [0.2, 0.25) is 0 Å². The Morgan fingerprint density at radius 1 is 1.45 bits per heavy atom. The molecule has 3 N–H and O–H groups in total. The smallest absolute Gasteiger partial charge is 0.319 e. The van der Waals surface area contributed by atoms with Crippen LogP contribution < -0.4 is 15.4 Å². The van der Waals surface area contributed by atoms with Crippen LogP contribution in [0.15, 0.2) is 18.2 Å². The van der Waals surface area contributed by atoms with Gasteiger partial charge in [-0.25, -0.2) is 4.79 Å². The lowest BCUT2D eigenvalue weighted by atomic mass is 10.2. The quantitative estimate of drug-likeness (QED) is 0.719. The third-order valence-corrected chi connectivity index (χ3v) is 2.77. The largest absolute Gasteiger partial charge is 0.494 e. The molecule has 0 saturated carbocycles. The van der Waals surface area contributed by atoms with Crippen molar-refractivity contribution in [3.05, 3.63) is 23.8 Å². The van der Waals surface area contributed by atoms with Gasteiger partial charge in [0, 0.05) is 12.2 Å². The molecule has 0 radical (unpaired) electrons. The van der Waals surface area contributed by atoms with Gasteiger partial charge < -0.3 is 20.5 Å². The second-order valence-corrected chi connectivity index (χ2v) is 4.84. The van der Waals surface area contributed by atoms with Crippen LogP contribution in [0.3, 0.4) is 0 Å². The third-order valence-electron chi connectivity index (χ3n) is 2.77. The van der Waals surface area contributed by atoms with Crippen LogP contribution in [0.1, 0.15) is 32.3 Å². The van der Waals surface area contributed by atoms with E-state index in [1.807, 2.05) is 25.1 Å². The number of anilines is 1. The molecule has 20 heavy (non-hydrogen) atoms. The van der Waals surface area contributed by atoms with E-state index in [2.05, 4.69) is 17.6 Å². The van der Waals surface area contributed by atoms with Gasteiger partial charge in [-0.2, -0.15) is 0 Å². The van der Waals surface area contributed by atoms with Crippen LogP contribution in [0.4, 0.5) is 10.5 Å². The summed E-state index contributed by atoms with van der Waals surface area (Å²) in [7, 11) is 0. The number of aliphatic hydroxyl groups is 1. The van der Waals surface area contributed by atoms with Crippen LogP contribution in [0, 0.1) is 6.92 Å². The number of benzene rings is 1. The molecule has 1 atom stereocenters. The number of carbonyl (C=O) groups is 1. The first-order chi connectivity index (χ1) is 9.52. The average molecular weight is 280 g/mol. The van der Waals surface area contributed by atoms with E-state index in [1.165, 1.54) is 0 Å². The fourth-order valence-corrected chi connectivity index (χ4v) is 1.65. The lowest BCUT2D eigenvalue weighted by Crippen LogP contribution is -2.31. The maximum Gasteiger partial charge on any atom is 0.319 e. The van der Waals surface area contributed by atoms with E-state index in [0.29, 0.717) is 19.6 Å². The summed E-state index contributed by atoms with van der Waals surface area (Å²) in [4.78, 5) is 11.7. The first-order valence-corrected chi connectivity index (χ1v) is 6.99. The molecule has 112 valence electrons. The predicted molar refractivity (Wildman–Crippen MR) is 80.3 cm³/mol. The van der Waals surface area contributed by atoms with E-state index in [0.717, 1.165) is 23.4 Å². The van der Waals surface area contributed by atoms with Crippen molar-refractivity contribution in [1.82, 2.24) is 5.32 Å². The summed E-state index contributed by atoms with van der Waals surface area (Å²) < 4.78 is 5.53. The molecule has 1 unspecified atom stereocenters. The third kappa shape index (κ3) is 5.93. The Morgan fingerprint density at radius 3 is 2.80 bits per heavy atom. The van der Waals surface area contributed by atoms with Crippen LogP contribution in [-0.2, 0) is 0 Å². The molecule has 0 aliphatic rings. The number of hydrogen-bond acceptors (Lipinski definition) is 3. The zero-order valence-corrected chi connectivity index (χ0v) is 12.4. The number of urea groups is 1. The molecule has 0 spiro atoms. The molecule has 0 saturated heterocycles. The molecule has 2 amide bonds. The fraction of sp³-hybridized carbons (Fsp3) is 0.533. The predicted octanol–water partition coefficient (Wildman–Crippen LogP) is 2.68. The molecule has 1 rings (SSSR count). The van der Waals surface area contributed by atoms with Gasteiger partial charge in [0.15, 0.2) is 0 Å². The van der Waals surface area contributed by atoms with Gasteiger partial charge in [-0.15, -0.1) is 0 Å². The Kier molecular flexibility index (Phi) is 6.87. The zero-order chi connectivity index (χ0) is 15.0. The summed E-state index contributed by atoms with van der Waals surface area (Å²) in [6.07, 6.45) is 1.09. The Labute approximate surface area is 120 Å². The van der Waals surface area contributed by atoms with Crippen LogP contribution in [-0.4, -0.2) is 30.4 Å². The van der Waals surface area contributed by atoms with E-state index < -0.39 is 6.10 Å². The summed E-state index contributed by atoms with van der Waals surface area (Å²) in [6, 6.07) is 5.31. The number of hydrogen-bond donors (Lipinski definition) is 3. The van der Waals surface area contributed by atoms with E-state index in [-0.39, 0.29) is 6.03 Å². The summed E-state index contributed by atoms with van der Waals surface area (Å²) >= 11 is 0. The maximum absolute atomic E-state index is 11.7. The second kappa shape index (κ2) is 8.43. The number of ether oxygens (including phenoxy) is 1. The summed E-state index contributed by atoms with van der Waals surface area (Å²) in [5.41, 5.74) is 1.70. The topological polar surface area (TPSA) is 70.6 Å². The molecule has 0 aliphatic carbocycles. The van der Waals surface area contributed by atoms with Crippen LogP contribution >= 0.6 is 0 Å². The van der Waals surface area contributed by atoms with E-state index >= 15 is 0 Å². The number of amides is 2. The van der Waals surface area contributed by atoms with Crippen molar-refractivity contribution < 1.29 is 14.6 Å². The Balaban J connectivity index is 2.49. The minimum Gasteiger partial charge on any atom is -0.494 e. The Bertz CT molecular complexity index is 433. The van der Waals surface area contributed by atoms with Crippen LogP contribution in [0.25, 0.3) is 0 Å². The van der Waals surface area contributed by atoms with Crippen LogP contribution in [0.5, 0.6) is 5.75 Å². The molecule has 1 aromatic carbocycles. The highest BCUT2D eigenvalue weighted by atomic mass is 16.5. The van der Waals surface area contributed by atoms with Gasteiger partial charge in [0.2, 0.25) is 0 Å². The van der Waals surface area contributed by atoms with Crippen molar-refractivity contribution in [3.8, 4) is 5.75 Å². The molecule has 0 bridgehead atoms. The van der Waals surface area contributed by atoms with Crippen molar-refractivity contribution in [2.24, 2.45) is 0 Å². The average Bonchev–Trinajstić information content (AvgIpc) is 2.38. The van der Waals surface area contributed by atoms with E-state index in [9.17, 15) is 4.79 Å². The van der Waals surface area contributed by atoms with E-state index in [1.54, 1.807) is 6.92 Å². The zero-order valence-electron chi connectivity index (χ0n) is 12.4. The lowest BCUT2D eigenvalue weighted by Gasteiger charge is -2.12. The maximum atomic E-state index is 11.7. The molecule has 0 aromatic heterocycles. The lowest BCUT2D eigenvalue weighted by molar-refractivity contribution is 0.184. The Hall–Kier alpha value is -1.75. The first-order valence-electron chi connectivity index (χ1n) is 6.99. The van der Waals surface area contributed by atoms with E-state index in [4.69, 9.17) is 9.84 Å². The van der Waals surface area contributed by atoms with Gasteiger partial charge in [-0.1, -0.05) is 6.92 Å². The first kappa shape index (κ1) is 16.3. The van der Waals surface area contributed by atoms with Crippen molar-refractivity contribution in [1.29, 1.82) is 0 Å². The normalized spacial score (nSPS) is 11.8. The summed E-state index contributed by atoms with van der Waals surface area (Å²) in [5, 5.41) is 14.6. The number of carbonyl (C=O) groups excluding carboxylic acids is 1. The van der Waals surface area contributed by atoms with Crippen molar-refractivity contribution in [3.63, 3.8) is 0 Å². The Morgan fingerprint density at radius 2 is 2.20 bits per heavy atom. The monoisotopic (exact) mass is 280 g/mol. The molecular weight excluding hydrogens is 256 g/mol. The minimum atomic E-state index is -0.410. The van der Waals surface area contributed by atoms with Gasteiger partial charge in [0.1, 0.15) is 5.75 Å². The number of aryl methyl sites for hydroxylation is 1. The van der Waals surface area contributed by atoms with Gasteiger partial charge in [-0.05, 0) is 50.5 Å². The molecule has 5 nitrogen and oxygen atoms in total. The molecule has 0 aliphatic heterocycles. The highest BCUT2D eigenvalue weighted by Crippen LogP contribution is 2.21. The molecule has 1 aromatic rings. The number of aliphatic hydroxyl groups excluding tert-OH is 1. The standard InChI is InChI=1S/C15H24N2O3/c1-4-9-20-13-5-6-14(11(2)10-13)17-15(19)16-8-7-12(3)18/h5-6,10,12,18H,4,7-9H2,1-3H3,(H2,16,17,19). The second-order valence-electron chi connectivity index (χ2n) is 4.84. The molecular formula is C15H24N2O3. The summed E-state index contributed by atoms with van der Waals surface area (Å²) in [6.45, 7) is 6.80. The number of rotatable bonds is 7. The minimum absolute atomic E-state index is 0.268. The number of nitrogens with one attached hydrogen (secondary N) is 2. The van der Waals surface area contributed by atoms with Crippen molar-refractivity contribution in [2.45, 2.75) is 39.7 Å². The van der Waals surface area contributed by atoms with Gasteiger partial charge in [-0.3, -0.25) is 0 Å². The summed E-state index contributed by atoms with van der Waals surface area (Å²) in [5.74, 6) is 0.810. The van der Waals surface area contributed by atoms with Gasteiger partial charge in [0.25, 0.3) is 0 Å². The van der Waals surface area contributed by atoms with Gasteiger partial charge in [0.05, 0.1) is 12.7 Å². The molecule has 0 fully saturated rings. The highest BCUT2D eigenvalue weighted by molar-refractivity contribution is 5.90. The molecule has 5 heteroatoms. The highest BCUT2D eigenvalue weighted by Gasteiger charge is 2.06. The SMILES string of the molecule is CCCOc1ccc(NC(=O)NCCC(C)O)c(C)c1. The van der Waals surface area contributed by atoms with Crippen molar-refractivity contribution in [2.75, 3.05) is 18.5 Å².